The molecule has 118 valence electrons. The highest BCUT2D eigenvalue weighted by Gasteiger charge is 2.40. The van der Waals surface area contributed by atoms with Crippen LogP contribution in [0.1, 0.15) is 29.2 Å². The lowest BCUT2D eigenvalue weighted by Crippen LogP contribution is -2.55. The molecular formula is C17H21BN4O. The minimum absolute atomic E-state index is 0.122. The molecule has 0 radical (unpaired) electrons. The normalized spacial score (nSPS) is 23.0. The molecule has 0 amide bonds. The van der Waals surface area contributed by atoms with Crippen LogP contribution < -0.4 is 4.81 Å². The van der Waals surface area contributed by atoms with E-state index in [2.05, 4.69) is 18.0 Å². The molecule has 2 aliphatic rings. The van der Waals surface area contributed by atoms with Gasteiger partial charge < -0.3 is 18.9 Å². The van der Waals surface area contributed by atoms with E-state index < -0.39 is 6.98 Å². The van der Waals surface area contributed by atoms with E-state index in [-0.39, 0.29) is 13.1 Å². The molecule has 0 aromatic carbocycles. The number of hydrogen-bond acceptors (Lipinski definition) is 5. The Hall–Kier alpha value is -2.37. The van der Waals surface area contributed by atoms with Gasteiger partial charge in [0.15, 0.2) is 5.88 Å². The maximum Gasteiger partial charge on any atom is 0.410 e. The molecule has 0 aliphatic carbocycles. The topological polar surface area (TPSA) is 35.8 Å². The number of anilines is 1. The van der Waals surface area contributed by atoms with Crippen molar-refractivity contribution in [1.29, 1.82) is 0 Å². The number of furan rings is 1. The van der Waals surface area contributed by atoms with Gasteiger partial charge in [-0.05, 0) is 40.0 Å². The van der Waals surface area contributed by atoms with Gasteiger partial charge in [-0.3, -0.25) is 0 Å². The third kappa shape index (κ3) is 1.97. The molecule has 23 heavy (non-hydrogen) atoms. The Labute approximate surface area is 141 Å². The number of aryl methyl sites for hydroxylation is 1. The van der Waals surface area contributed by atoms with Crippen LogP contribution in [-0.4, -0.2) is 41.9 Å². The Morgan fingerprint density at radius 1 is 1.30 bits per heavy atom. The van der Waals surface area contributed by atoms with Crippen LogP contribution in [0.15, 0.2) is 34.4 Å². The van der Waals surface area contributed by atoms with Crippen LogP contribution in [0.25, 0.3) is 17.2 Å². The Morgan fingerprint density at radius 2 is 2.13 bits per heavy atom. The minimum Gasteiger partial charge on any atom is -0.423 e. The smallest absolute Gasteiger partial charge is 0.410 e. The quantitative estimate of drug-likeness (QED) is 0.756. The standard InChI is InChI=1S/C17H21BN4O/c1-11-10-15-14-7-6-12(2)19-16(14)23-17(15)21(5)18(11)22-9-8-20(4)13(22)3/h6-10,13H,1-5H3/t13-/m0/s1/i4D3. The van der Waals surface area contributed by atoms with Gasteiger partial charge >= 0.3 is 6.98 Å². The fourth-order valence-electron chi connectivity index (χ4n) is 3.46. The van der Waals surface area contributed by atoms with Crippen molar-refractivity contribution in [3.8, 4) is 0 Å². The summed E-state index contributed by atoms with van der Waals surface area (Å²) in [7, 11) is 1.97. The van der Waals surface area contributed by atoms with Crippen LogP contribution in [0.2, 0.25) is 0 Å². The molecule has 0 spiro atoms. The van der Waals surface area contributed by atoms with E-state index in [9.17, 15) is 0 Å². The van der Waals surface area contributed by atoms with Crippen molar-refractivity contribution < 1.29 is 8.53 Å². The monoisotopic (exact) mass is 311 g/mol. The Balaban J connectivity index is 1.74. The summed E-state index contributed by atoms with van der Waals surface area (Å²) in [6.07, 6.45) is 5.30. The molecule has 0 N–H and O–H groups in total. The predicted molar refractivity (Wildman–Crippen MR) is 94.8 cm³/mol. The van der Waals surface area contributed by atoms with Crippen molar-refractivity contribution in [3.05, 3.63) is 41.3 Å². The summed E-state index contributed by atoms with van der Waals surface area (Å²) in [6.45, 7) is 3.61. The van der Waals surface area contributed by atoms with E-state index in [4.69, 9.17) is 8.53 Å². The van der Waals surface area contributed by atoms with Gasteiger partial charge in [0.25, 0.3) is 0 Å². The van der Waals surface area contributed by atoms with Crippen molar-refractivity contribution in [1.82, 2.24) is 14.7 Å². The summed E-state index contributed by atoms with van der Waals surface area (Å²) < 4.78 is 29.1. The fraction of sp³-hybridized carbons (Fsp3) is 0.353. The highest BCUT2D eigenvalue weighted by Crippen LogP contribution is 2.39. The lowest BCUT2D eigenvalue weighted by atomic mass is 9.61. The number of rotatable bonds is 1. The second-order valence-electron chi connectivity index (χ2n) is 6.28. The average Bonchev–Trinajstić information content (AvgIpc) is 3.08. The van der Waals surface area contributed by atoms with Gasteiger partial charge in [0.2, 0.25) is 5.71 Å². The number of pyridine rings is 1. The lowest BCUT2D eigenvalue weighted by molar-refractivity contribution is 0.272. The summed E-state index contributed by atoms with van der Waals surface area (Å²) in [5.41, 5.74) is 3.67. The van der Waals surface area contributed by atoms with E-state index in [1.807, 2.05) is 48.8 Å². The van der Waals surface area contributed by atoms with Crippen molar-refractivity contribution in [2.45, 2.75) is 26.9 Å². The number of aromatic nitrogens is 1. The van der Waals surface area contributed by atoms with Gasteiger partial charge in [-0.1, -0.05) is 11.5 Å². The molecule has 1 atom stereocenters. The van der Waals surface area contributed by atoms with Crippen LogP contribution in [-0.2, 0) is 0 Å². The highest BCUT2D eigenvalue weighted by molar-refractivity contribution is 6.69. The summed E-state index contributed by atoms with van der Waals surface area (Å²) in [6, 6.07) is 4.01. The van der Waals surface area contributed by atoms with Crippen LogP contribution in [0.5, 0.6) is 0 Å². The zero-order valence-electron chi connectivity index (χ0n) is 16.7. The molecule has 0 saturated heterocycles. The molecule has 0 saturated carbocycles. The molecule has 0 bridgehead atoms. The molecule has 4 rings (SSSR count). The first-order valence-corrected chi connectivity index (χ1v) is 7.74. The second-order valence-corrected chi connectivity index (χ2v) is 6.28. The van der Waals surface area contributed by atoms with Crippen molar-refractivity contribution in [2.75, 3.05) is 18.8 Å². The molecule has 2 aromatic heterocycles. The molecule has 0 unspecified atom stereocenters. The lowest BCUT2D eigenvalue weighted by Gasteiger charge is -2.39. The van der Waals surface area contributed by atoms with Crippen molar-refractivity contribution >= 4 is 30.0 Å². The second kappa shape index (κ2) is 4.81. The van der Waals surface area contributed by atoms with E-state index in [1.165, 1.54) is 4.90 Å². The summed E-state index contributed by atoms with van der Waals surface area (Å²) >= 11 is 0. The number of nitrogens with zero attached hydrogens (tertiary/aromatic N) is 4. The third-order valence-corrected chi connectivity index (χ3v) is 4.70. The van der Waals surface area contributed by atoms with Crippen LogP contribution in [0, 0.1) is 6.92 Å². The summed E-state index contributed by atoms with van der Waals surface area (Å²) in [5, 5.41) is 0.990. The fourth-order valence-corrected chi connectivity index (χ4v) is 3.46. The number of hydrogen-bond donors (Lipinski definition) is 0. The molecule has 5 nitrogen and oxygen atoms in total. The predicted octanol–water partition coefficient (Wildman–Crippen LogP) is 3.08. The third-order valence-electron chi connectivity index (χ3n) is 4.70. The highest BCUT2D eigenvalue weighted by atomic mass is 16.4. The minimum atomic E-state index is -2.17. The zero-order chi connectivity index (χ0) is 18.8. The molecule has 2 aromatic rings. The Morgan fingerprint density at radius 3 is 2.87 bits per heavy atom. The van der Waals surface area contributed by atoms with Gasteiger partial charge in [-0.15, -0.1) is 0 Å². The first kappa shape index (κ1) is 11.2. The van der Waals surface area contributed by atoms with Gasteiger partial charge in [0.05, 0.1) is 6.17 Å². The van der Waals surface area contributed by atoms with E-state index in [1.54, 1.807) is 6.20 Å². The van der Waals surface area contributed by atoms with Gasteiger partial charge in [0.1, 0.15) is 0 Å². The maximum absolute atomic E-state index is 7.70. The molecule has 2 aliphatic heterocycles. The summed E-state index contributed by atoms with van der Waals surface area (Å²) in [5.74, 6) is 0.752. The maximum atomic E-state index is 7.70. The van der Waals surface area contributed by atoms with Crippen LogP contribution in [0.3, 0.4) is 0 Å². The average molecular weight is 311 g/mol. The van der Waals surface area contributed by atoms with E-state index >= 15 is 0 Å². The van der Waals surface area contributed by atoms with Crippen molar-refractivity contribution in [2.24, 2.45) is 0 Å². The number of allylic oxidation sites excluding steroid dienone is 1. The van der Waals surface area contributed by atoms with Crippen molar-refractivity contribution in [3.63, 3.8) is 0 Å². The Bertz CT molecular complexity index is 936. The number of fused-ring (bicyclic) bond motifs is 3. The van der Waals surface area contributed by atoms with Gasteiger partial charge in [-0.25, -0.2) is 4.98 Å². The van der Waals surface area contributed by atoms with E-state index in [0.717, 1.165) is 28.0 Å². The van der Waals surface area contributed by atoms with Crippen LogP contribution in [0.4, 0.5) is 5.88 Å². The first-order valence-electron chi connectivity index (χ1n) is 9.24. The molecule has 0 fully saturated rings. The van der Waals surface area contributed by atoms with Gasteiger partial charge in [0, 0.05) is 40.1 Å². The van der Waals surface area contributed by atoms with Crippen LogP contribution >= 0.6 is 0 Å². The first-order chi connectivity index (χ1) is 12.2. The van der Waals surface area contributed by atoms with E-state index in [0.29, 0.717) is 5.71 Å². The SMILES string of the molecule is [2H]C([2H])([2H])N1C=CN(B2C(C)=Cc3c(oc4nc(C)ccc34)N2C)[C@H]1C. The zero-order valence-corrected chi connectivity index (χ0v) is 13.7. The molecule has 6 heteroatoms. The van der Waals surface area contributed by atoms with Gasteiger partial charge in [-0.2, -0.15) is 0 Å². The Kier molecular flexibility index (Phi) is 2.35. The summed E-state index contributed by atoms with van der Waals surface area (Å²) in [4.78, 5) is 9.97. The molecule has 4 heterocycles. The largest absolute Gasteiger partial charge is 0.423 e. The molecular weight excluding hydrogens is 287 g/mol.